The van der Waals surface area contributed by atoms with Crippen molar-refractivity contribution >= 4 is 34.8 Å². The van der Waals surface area contributed by atoms with Crippen molar-refractivity contribution in [3.8, 4) is 0 Å². The second-order valence-corrected chi connectivity index (χ2v) is 5.56. The fourth-order valence-electron chi connectivity index (χ4n) is 1.46. The number of benzene rings is 1. The van der Waals surface area contributed by atoms with E-state index in [-0.39, 0.29) is 11.3 Å². The Labute approximate surface area is 106 Å². The third kappa shape index (κ3) is 3.13. The zero-order chi connectivity index (χ0) is 12.5. The number of anilines is 1. The van der Waals surface area contributed by atoms with Crippen molar-refractivity contribution in [2.24, 2.45) is 0 Å². The molecule has 4 heteroatoms. The second-order valence-electron chi connectivity index (χ2n) is 4.74. The smallest absolute Gasteiger partial charge is 0.221 e. The number of carbonyl (C=O) groups is 1. The minimum atomic E-state index is -0.121. The summed E-state index contributed by atoms with van der Waals surface area (Å²) < 4.78 is 0. The molecule has 1 rings (SSSR count). The van der Waals surface area contributed by atoms with E-state index in [0.717, 1.165) is 11.3 Å². The van der Waals surface area contributed by atoms with E-state index in [2.05, 4.69) is 26.1 Å². The molecule has 0 aliphatic carbocycles. The van der Waals surface area contributed by atoms with Gasteiger partial charge in [0, 0.05) is 12.6 Å². The summed E-state index contributed by atoms with van der Waals surface area (Å²) in [6, 6.07) is 3.49. The molecule has 1 amide bonds. The molecule has 1 N–H and O–H groups in total. The lowest BCUT2D eigenvalue weighted by Crippen LogP contribution is -2.17. The molecular weight excluding hydrogens is 245 g/mol. The maximum atomic E-state index is 11.1. The lowest BCUT2D eigenvalue weighted by atomic mass is 9.86. The largest absolute Gasteiger partial charge is 0.326 e. The Morgan fingerprint density at radius 2 is 1.69 bits per heavy atom. The Kier molecular flexibility index (Phi) is 3.87. The summed E-state index contributed by atoms with van der Waals surface area (Å²) in [5, 5.41) is 3.71. The number of amides is 1. The summed E-state index contributed by atoms with van der Waals surface area (Å²) >= 11 is 11.9. The summed E-state index contributed by atoms with van der Waals surface area (Å²) in [6.45, 7) is 7.63. The Morgan fingerprint density at radius 3 is 2.12 bits per heavy atom. The average Bonchev–Trinajstić information content (AvgIpc) is 2.08. The van der Waals surface area contributed by atoms with Gasteiger partial charge in [0.15, 0.2) is 0 Å². The van der Waals surface area contributed by atoms with E-state index in [1.54, 1.807) is 12.1 Å². The maximum absolute atomic E-state index is 11.1. The molecule has 2 nitrogen and oxygen atoms in total. The molecule has 0 radical (unpaired) electrons. The molecule has 0 atom stereocenters. The first-order chi connectivity index (χ1) is 7.21. The van der Waals surface area contributed by atoms with Crippen molar-refractivity contribution in [3.05, 3.63) is 27.7 Å². The van der Waals surface area contributed by atoms with Crippen molar-refractivity contribution in [2.45, 2.75) is 33.1 Å². The topological polar surface area (TPSA) is 29.1 Å². The molecular formula is C12H15Cl2NO. The SMILES string of the molecule is CC(=O)Nc1cc(Cl)c(Cl)cc1C(C)(C)C. The highest BCUT2D eigenvalue weighted by Crippen LogP contribution is 2.36. The highest BCUT2D eigenvalue weighted by molar-refractivity contribution is 6.42. The van der Waals surface area contributed by atoms with Crippen molar-refractivity contribution in [3.63, 3.8) is 0 Å². The van der Waals surface area contributed by atoms with Gasteiger partial charge in [-0.05, 0) is 23.1 Å². The molecule has 0 saturated heterocycles. The number of carbonyl (C=O) groups excluding carboxylic acids is 1. The fourth-order valence-corrected chi connectivity index (χ4v) is 1.79. The highest BCUT2D eigenvalue weighted by atomic mass is 35.5. The van der Waals surface area contributed by atoms with Crippen LogP contribution in [0.1, 0.15) is 33.3 Å². The van der Waals surface area contributed by atoms with Crippen LogP contribution < -0.4 is 5.32 Å². The van der Waals surface area contributed by atoms with E-state index < -0.39 is 0 Å². The molecule has 0 spiro atoms. The van der Waals surface area contributed by atoms with Crippen LogP contribution >= 0.6 is 23.2 Å². The molecule has 16 heavy (non-hydrogen) atoms. The summed E-state index contributed by atoms with van der Waals surface area (Å²) in [5.41, 5.74) is 1.58. The van der Waals surface area contributed by atoms with Crippen LogP contribution in [0.5, 0.6) is 0 Å². The monoisotopic (exact) mass is 259 g/mol. The quantitative estimate of drug-likeness (QED) is 0.803. The molecule has 0 saturated carbocycles. The molecule has 0 aromatic heterocycles. The average molecular weight is 260 g/mol. The predicted molar refractivity (Wildman–Crippen MR) is 69.5 cm³/mol. The van der Waals surface area contributed by atoms with Crippen LogP contribution in [-0.4, -0.2) is 5.91 Å². The Bertz CT molecular complexity index is 422. The lowest BCUT2D eigenvalue weighted by molar-refractivity contribution is -0.114. The zero-order valence-electron chi connectivity index (χ0n) is 9.82. The number of hydrogen-bond donors (Lipinski definition) is 1. The molecule has 0 aliphatic rings. The van der Waals surface area contributed by atoms with Crippen LogP contribution in [0.4, 0.5) is 5.69 Å². The minimum Gasteiger partial charge on any atom is -0.326 e. The molecule has 88 valence electrons. The van der Waals surface area contributed by atoms with Gasteiger partial charge in [-0.1, -0.05) is 44.0 Å². The standard InChI is InChI=1S/C12H15Cl2NO/c1-7(16)15-11-6-10(14)9(13)5-8(11)12(2,3)4/h5-6H,1-4H3,(H,15,16). The van der Waals surface area contributed by atoms with Crippen molar-refractivity contribution < 1.29 is 4.79 Å². The van der Waals surface area contributed by atoms with E-state index in [9.17, 15) is 4.79 Å². The predicted octanol–water partition coefficient (Wildman–Crippen LogP) is 4.25. The number of hydrogen-bond acceptors (Lipinski definition) is 1. The number of nitrogens with one attached hydrogen (secondary N) is 1. The first-order valence-corrected chi connectivity index (χ1v) is 5.74. The van der Waals surface area contributed by atoms with Gasteiger partial charge in [-0.15, -0.1) is 0 Å². The fraction of sp³-hybridized carbons (Fsp3) is 0.417. The molecule has 0 aliphatic heterocycles. The molecule has 0 bridgehead atoms. The van der Waals surface area contributed by atoms with Gasteiger partial charge in [-0.25, -0.2) is 0 Å². The van der Waals surface area contributed by atoms with Gasteiger partial charge in [0.2, 0.25) is 5.91 Å². The minimum absolute atomic E-state index is 0.105. The van der Waals surface area contributed by atoms with E-state index in [4.69, 9.17) is 23.2 Å². The lowest BCUT2D eigenvalue weighted by Gasteiger charge is -2.23. The van der Waals surface area contributed by atoms with Gasteiger partial charge in [0.25, 0.3) is 0 Å². The summed E-state index contributed by atoms with van der Waals surface area (Å²) in [6.07, 6.45) is 0. The summed E-state index contributed by atoms with van der Waals surface area (Å²) in [5.74, 6) is -0.121. The first-order valence-electron chi connectivity index (χ1n) is 4.99. The van der Waals surface area contributed by atoms with Gasteiger partial charge in [-0.2, -0.15) is 0 Å². The van der Waals surface area contributed by atoms with Crippen molar-refractivity contribution in [1.82, 2.24) is 0 Å². The van der Waals surface area contributed by atoms with E-state index in [1.165, 1.54) is 6.92 Å². The molecule has 1 aromatic carbocycles. The Hall–Kier alpha value is -0.730. The van der Waals surface area contributed by atoms with Crippen LogP contribution in [0.25, 0.3) is 0 Å². The van der Waals surface area contributed by atoms with E-state index in [1.807, 2.05) is 0 Å². The van der Waals surface area contributed by atoms with Gasteiger partial charge < -0.3 is 5.32 Å². The number of halogens is 2. The second kappa shape index (κ2) is 4.64. The van der Waals surface area contributed by atoms with Crippen LogP contribution in [0.3, 0.4) is 0 Å². The van der Waals surface area contributed by atoms with E-state index in [0.29, 0.717) is 10.0 Å². The third-order valence-electron chi connectivity index (χ3n) is 2.18. The van der Waals surface area contributed by atoms with E-state index >= 15 is 0 Å². The molecule has 0 fully saturated rings. The van der Waals surface area contributed by atoms with Crippen LogP contribution in [0.2, 0.25) is 10.0 Å². The summed E-state index contributed by atoms with van der Waals surface area (Å²) in [4.78, 5) is 11.1. The Balaban J connectivity index is 3.33. The first kappa shape index (κ1) is 13.3. The summed E-state index contributed by atoms with van der Waals surface area (Å²) in [7, 11) is 0. The third-order valence-corrected chi connectivity index (χ3v) is 2.90. The maximum Gasteiger partial charge on any atom is 0.221 e. The van der Waals surface area contributed by atoms with Gasteiger partial charge in [-0.3, -0.25) is 4.79 Å². The molecule has 0 unspecified atom stereocenters. The van der Waals surface area contributed by atoms with Crippen molar-refractivity contribution in [1.29, 1.82) is 0 Å². The van der Waals surface area contributed by atoms with Gasteiger partial charge >= 0.3 is 0 Å². The van der Waals surface area contributed by atoms with Crippen molar-refractivity contribution in [2.75, 3.05) is 5.32 Å². The van der Waals surface area contributed by atoms with Crippen LogP contribution in [0, 0.1) is 0 Å². The van der Waals surface area contributed by atoms with Crippen LogP contribution in [0.15, 0.2) is 12.1 Å². The highest BCUT2D eigenvalue weighted by Gasteiger charge is 2.20. The van der Waals surface area contributed by atoms with Crippen LogP contribution in [-0.2, 0) is 10.2 Å². The molecule has 1 aromatic rings. The molecule has 0 heterocycles. The normalized spacial score (nSPS) is 11.4. The van der Waals surface area contributed by atoms with Gasteiger partial charge in [0.1, 0.15) is 0 Å². The van der Waals surface area contributed by atoms with Gasteiger partial charge in [0.05, 0.1) is 10.0 Å². The Morgan fingerprint density at radius 1 is 1.19 bits per heavy atom. The zero-order valence-corrected chi connectivity index (χ0v) is 11.3. The number of rotatable bonds is 1.